The van der Waals surface area contributed by atoms with Crippen LogP contribution in [-0.4, -0.2) is 16.0 Å². The first-order valence-electron chi connectivity index (χ1n) is 8.77. The van der Waals surface area contributed by atoms with Crippen LogP contribution < -0.4 is 16.4 Å². The molecule has 6 nitrogen and oxygen atoms in total. The summed E-state index contributed by atoms with van der Waals surface area (Å²) >= 11 is 0. The van der Waals surface area contributed by atoms with Crippen molar-refractivity contribution in [3.63, 3.8) is 0 Å². The number of nitrogens with zero attached hydrogens (tertiary/aromatic N) is 2. The van der Waals surface area contributed by atoms with E-state index in [4.69, 9.17) is 0 Å². The normalized spacial score (nSPS) is 12.4. The number of hydrogen-bond acceptors (Lipinski definition) is 2. The molecule has 0 radical (unpaired) electrons. The number of urea groups is 1. The van der Waals surface area contributed by atoms with Gasteiger partial charge in [-0.25, -0.2) is 9.59 Å². The second-order valence-electron chi connectivity index (χ2n) is 6.48. The van der Waals surface area contributed by atoms with E-state index in [1.807, 2.05) is 72.8 Å². The molecule has 0 unspecified atom stereocenters. The van der Waals surface area contributed by atoms with E-state index in [1.165, 1.54) is 0 Å². The predicted octanol–water partition coefficient (Wildman–Crippen LogP) is 3.22. The molecule has 0 atom stereocenters. The Morgan fingerprint density at radius 3 is 1.93 bits per heavy atom. The summed E-state index contributed by atoms with van der Waals surface area (Å²) in [5.74, 6) is 0. The van der Waals surface area contributed by atoms with E-state index in [9.17, 15) is 9.59 Å². The molecule has 28 heavy (non-hydrogen) atoms. The van der Waals surface area contributed by atoms with Gasteiger partial charge in [0.05, 0.1) is 16.4 Å². The van der Waals surface area contributed by atoms with Crippen LogP contribution in [0.25, 0.3) is 32.6 Å². The van der Waals surface area contributed by atoms with Crippen LogP contribution in [0.3, 0.4) is 0 Å². The number of nitrogens with one attached hydrogen (secondary N) is 2. The van der Waals surface area contributed by atoms with E-state index in [0.717, 1.165) is 32.6 Å². The van der Waals surface area contributed by atoms with E-state index < -0.39 is 6.03 Å². The summed E-state index contributed by atoms with van der Waals surface area (Å²) < 4.78 is 0. The Kier molecular flexibility index (Phi) is 3.62. The van der Waals surface area contributed by atoms with Crippen molar-refractivity contribution in [2.45, 2.75) is 0 Å². The smallest absolute Gasteiger partial charge is 0.306 e. The summed E-state index contributed by atoms with van der Waals surface area (Å²) in [6.45, 7) is 0. The average Bonchev–Trinajstić information content (AvgIpc) is 3.27. The zero-order valence-corrected chi connectivity index (χ0v) is 14.6. The topological polar surface area (TPSA) is 90.4 Å². The Labute approximate surface area is 157 Å². The van der Waals surface area contributed by atoms with Gasteiger partial charge < -0.3 is 9.97 Å². The number of carbonyl (C=O) groups excluding carboxylic acids is 1. The average molecular weight is 366 g/mol. The van der Waals surface area contributed by atoms with Gasteiger partial charge >= 0.3 is 11.7 Å². The van der Waals surface area contributed by atoms with Gasteiger partial charge in [0.25, 0.3) is 0 Å². The highest BCUT2D eigenvalue weighted by Gasteiger charge is 2.07. The maximum absolute atomic E-state index is 11.1. The quantitative estimate of drug-likeness (QED) is 0.441. The van der Waals surface area contributed by atoms with Gasteiger partial charge in [0.2, 0.25) is 0 Å². The lowest BCUT2D eigenvalue weighted by atomic mass is 10.1. The SMILES string of the molecule is O=C1N=c2ccc3ccccc3c2=N1.O=c1[nH]c2cc3ccccc3cc2[nH]1. The van der Waals surface area contributed by atoms with E-state index in [-0.39, 0.29) is 5.69 Å². The van der Waals surface area contributed by atoms with Crippen molar-refractivity contribution in [1.29, 1.82) is 0 Å². The van der Waals surface area contributed by atoms with Crippen LogP contribution in [0.2, 0.25) is 0 Å². The van der Waals surface area contributed by atoms with Crippen molar-refractivity contribution in [3.8, 4) is 0 Å². The monoisotopic (exact) mass is 366 g/mol. The van der Waals surface area contributed by atoms with Crippen LogP contribution in [0.15, 0.2) is 87.6 Å². The molecule has 1 aliphatic rings. The van der Waals surface area contributed by atoms with Gasteiger partial charge in [-0.05, 0) is 34.4 Å². The molecule has 2 heterocycles. The minimum atomic E-state index is -0.406. The number of rotatable bonds is 0. The van der Waals surface area contributed by atoms with Crippen LogP contribution in [0.4, 0.5) is 4.79 Å². The number of imidazole rings is 1. The Morgan fingerprint density at radius 2 is 1.25 bits per heavy atom. The molecule has 0 aliphatic carbocycles. The van der Waals surface area contributed by atoms with Gasteiger partial charge in [0.1, 0.15) is 5.36 Å². The molecule has 134 valence electrons. The molecule has 6 heteroatoms. The van der Waals surface area contributed by atoms with Crippen LogP contribution in [0, 0.1) is 0 Å². The molecule has 1 aromatic heterocycles. The molecular weight excluding hydrogens is 352 g/mol. The zero-order chi connectivity index (χ0) is 19.1. The fourth-order valence-corrected chi connectivity index (χ4v) is 3.40. The summed E-state index contributed by atoms with van der Waals surface area (Å²) in [4.78, 5) is 35.2. The van der Waals surface area contributed by atoms with E-state index in [1.54, 1.807) is 0 Å². The van der Waals surface area contributed by atoms with Gasteiger partial charge in [0, 0.05) is 5.39 Å². The first kappa shape index (κ1) is 16.1. The number of H-pyrrole nitrogens is 2. The highest BCUT2D eigenvalue weighted by molar-refractivity contribution is 5.94. The summed E-state index contributed by atoms with van der Waals surface area (Å²) in [6, 6.07) is 23.2. The minimum Gasteiger partial charge on any atom is -0.306 e. The highest BCUT2D eigenvalue weighted by Crippen LogP contribution is 2.18. The van der Waals surface area contributed by atoms with Crippen molar-refractivity contribution in [3.05, 3.63) is 94.0 Å². The van der Waals surface area contributed by atoms with Crippen LogP contribution >= 0.6 is 0 Å². The van der Waals surface area contributed by atoms with Crippen molar-refractivity contribution in [2.75, 3.05) is 0 Å². The number of fused-ring (bicyclic) bond motifs is 5. The fraction of sp³-hybridized carbons (Fsp3) is 0. The maximum atomic E-state index is 11.1. The third-order valence-electron chi connectivity index (χ3n) is 4.69. The molecule has 0 bridgehead atoms. The fourth-order valence-electron chi connectivity index (χ4n) is 3.40. The molecule has 0 fully saturated rings. The highest BCUT2D eigenvalue weighted by atomic mass is 16.2. The number of amides is 2. The molecule has 0 saturated carbocycles. The lowest BCUT2D eigenvalue weighted by molar-refractivity contribution is 0.257. The standard InChI is InChI=1S/C11H8N2O.C11H6N2O/c14-11-12-9-5-7-3-1-2-4-8(7)6-10(9)13-11;14-11-12-9-6-5-7-3-1-2-4-8(7)10(9)13-11/h1-6H,(H2,12,13,14);1-6H. The summed E-state index contributed by atoms with van der Waals surface area (Å²) in [5.41, 5.74) is 1.55. The van der Waals surface area contributed by atoms with E-state index in [0.29, 0.717) is 10.7 Å². The summed E-state index contributed by atoms with van der Waals surface area (Å²) in [7, 11) is 0. The first-order valence-corrected chi connectivity index (χ1v) is 8.77. The van der Waals surface area contributed by atoms with Crippen LogP contribution in [-0.2, 0) is 0 Å². The van der Waals surface area contributed by atoms with Crippen LogP contribution in [0.1, 0.15) is 0 Å². The number of aromatic amines is 2. The first-order chi connectivity index (χ1) is 13.7. The molecule has 4 aromatic carbocycles. The number of hydrogen-bond donors (Lipinski definition) is 2. The second kappa shape index (κ2) is 6.28. The third kappa shape index (κ3) is 2.77. The maximum Gasteiger partial charge on any atom is 0.368 e. The third-order valence-corrected chi connectivity index (χ3v) is 4.69. The Hall–Kier alpha value is -4.06. The molecule has 1 aliphatic heterocycles. The molecule has 0 spiro atoms. The molecule has 6 rings (SSSR count). The summed E-state index contributed by atoms with van der Waals surface area (Å²) in [5, 5.41) is 5.71. The van der Waals surface area contributed by atoms with Gasteiger partial charge in [-0.2, -0.15) is 9.98 Å². The van der Waals surface area contributed by atoms with Crippen molar-refractivity contribution in [1.82, 2.24) is 9.97 Å². The Bertz CT molecular complexity index is 1510. The molecule has 2 amide bonds. The van der Waals surface area contributed by atoms with E-state index >= 15 is 0 Å². The second-order valence-corrected chi connectivity index (χ2v) is 6.48. The Balaban J connectivity index is 0.000000122. The number of aromatic nitrogens is 2. The largest absolute Gasteiger partial charge is 0.368 e. The van der Waals surface area contributed by atoms with Crippen molar-refractivity contribution in [2.24, 2.45) is 9.98 Å². The van der Waals surface area contributed by atoms with Gasteiger partial charge in [-0.3, -0.25) is 0 Å². The summed E-state index contributed by atoms with van der Waals surface area (Å²) in [6.07, 6.45) is 0. The van der Waals surface area contributed by atoms with Gasteiger partial charge in [-0.1, -0.05) is 54.6 Å². The molecule has 2 N–H and O–H groups in total. The predicted molar refractivity (Wildman–Crippen MR) is 108 cm³/mol. The Morgan fingerprint density at radius 1 is 0.643 bits per heavy atom. The van der Waals surface area contributed by atoms with Gasteiger partial charge in [0.15, 0.2) is 0 Å². The minimum absolute atomic E-state index is 0.157. The molecular formula is C22H14N4O2. The number of carbonyl (C=O) groups is 1. The van der Waals surface area contributed by atoms with Crippen molar-refractivity contribution < 1.29 is 4.79 Å². The van der Waals surface area contributed by atoms with Crippen molar-refractivity contribution >= 4 is 38.6 Å². The molecule has 5 aromatic rings. The van der Waals surface area contributed by atoms with E-state index in [2.05, 4.69) is 20.0 Å². The molecule has 0 saturated heterocycles. The van der Waals surface area contributed by atoms with Gasteiger partial charge in [-0.15, -0.1) is 0 Å². The number of benzene rings is 4. The lowest BCUT2D eigenvalue weighted by Crippen LogP contribution is -2.21. The zero-order valence-electron chi connectivity index (χ0n) is 14.6. The lowest BCUT2D eigenvalue weighted by Gasteiger charge is -1.96. The van der Waals surface area contributed by atoms with Crippen LogP contribution in [0.5, 0.6) is 0 Å².